The first-order valence-electron chi connectivity index (χ1n) is 11.4. The van der Waals surface area contributed by atoms with Gasteiger partial charge in [0.15, 0.2) is 5.78 Å². The number of hydroxylamine groups is 4. The molecule has 170 valence electrons. The second kappa shape index (κ2) is 7.72. The van der Waals surface area contributed by atoms with Crippen molar-refractivity contribution in [2.75, 3.05) is 0 Å². The van der Waals surface area contributed by atoms with Gasteiger partial charge in [0.05, 0.1) is 11.1 Å². The molecule has 0 aromatic rings. The molecule has 0 spiro atoms. The van der Waals surface area contributed by atoms with Crippen LogP contribution in [0.4, 0.5) is 0 Å². The van der Waals surface area contributed by atoms with Crippen molar-refractivity contribution in [1.82, 2.24) is 10.1 Å². The van der Waals surface area contributed by atoms with E-state index in [1.54, 1.807) is 11.1 Å². The van der Waals surface area contributed by atoms with E-state index in [0.29, 0.717) is 0 Å². The van der Waals surface area contributed by atoms with Crippen molar-refractivity contribution in [2.45, 2.75) is 129 Å². The molecule has 2 fully saturated rings. The fraction of sp³-hybridized carbons (Fsp3) is 0.833. The number of hydrogen-bond donors (Lipinski definition) is 0. The lowest BCUT2D eigenvalue weighted by Crippen LogP contribution is -2.59. The standard InChI is InChI=1S/C24H40N2O4/c1-21(2)11-9-12-22(3,4)25(21)29-17-15-18(19(27)16-17)20(28)30-26-23(5,6)13-10-14-24(26,7)8/h15,17H,9-14,16H2,1-8H3. The summed E-state index contributed by atoms with van der Waals surface area (Å²) in [5, 5.41) is 3.84. The summed E-state index contributed by atoms with van der Waals surface area (Å²) in [7, 11) is 0. The summed E-state index contributed by atoms with van der Waals surface area (Å²) in [5.41, 5.74) is -0.660. The molecule has 1 atom stereocenters. The summed E-state index contributed by atoms with van der Waals surface area (Å²) in [6, 6.07) is 0. The van der Waals surface area contributed by atoms with E-state index < -0.39 is 12.1 Å². The van der Waals surface area contributed by atoms with Gasteiger partial charge in [0.25, 0.3) is 0 Å². The van der Waals surface area contributed by atoms with E-state index in [1.165, 1.54) is 0 Å². The first kappa shape index (κ1) is 23.4. The Kier molecular flexibility index (Phi) is 6.02. The molecular formula is C24H40N2O4. The van der Waals surface area contributed by atoms with Gasteiger partial charge in [-0.3, -0.25) is 9.63 Å². The average Bonchev–Trinajstić information content (AvgIpc) is 2.94. The zero-order valence-electron chi connectivity index (χ0n) is 20.1. The first-order valence-corrected chi connectivity index (χ1v) is 11.4. The molecule has 1 aliphatic carbocycles. The Morgan fingerprint density at radius 3 is 1.73 bits per heavy atom. The third-order valence-corrected chi connectivity index (χ3v) is 7.03. The highest BCUT2D eigenvalue weighted by Crippen LogP contribution is 2.41. The van der Waals surface area contributed by atoms with Crippen LogP contribution in [0.3, 0.4) is 0 Å². The Balaban J connectivity index is 1.74. The Morgan fingerprint density at radius 1 is 0.833 bits per heavy atom. The lowest BCUT2D eigenvalue weighted by atomic mass is 9.82. The van der Waals surface area contributed by atoms with Gasteiger partial charge in [0.2, 0.25) is 0 Å². The van der Waals surface area contributed by atoms with Crippen LogP contribution in [0.15, 0.2) is 11.6 Å². The smallest absolute Gasteiger partial charge is 0.360 e. The third kappa shape index (κ3) is 4.51. The molecule has 6 nitrogen and oxygen atoms in total. The predicted molar refractivity (Wildman–Crippen MR) is 116 cm³/mol. The number of ketones is 1. The van der Waals surface area contributed by atoms with Crippen molar-refractivity contribution in [2.24, 2.45) is 0 Å². The van der Waals surface area contributed by atoms with Gasteiger partial charge in [-0.2, -0.15) is 5.06 Å². The second-order valence-corrected chi connectivity index (χ2v) is 11.8. The molecule has 0 bridgehead atoms. The Hall–Kier alpha value is -1.24. The van der Waals surface area contributed by atoms with Gasteiger partial charge in [-0.15, -0.1) is 5.06 Å². The maximum absolute atomic E-state index is 13.0. The number of nitrogens with zero attached hydrogens (tertiary/aromatic N) is 2. The van der Waals surface area contributed by atoms with Gasteiger partial charge < -0.3 is 4.84 Å². The molecule has 3 rings (SSSR count). The average molecular weight is 421 g/mol. The molecule has 0 N–H and O–H groups in total. The van der Waals surface area contributed by atoms with Crippen molar-refractivity contribution >= 4 is 11.8 Å². The fourth-order valence-electron chi connectivity index (χ4n) is 5.63. The lowest BCUT2D eigenvalue weighted by Gasteiger charge is -2.52. The minimum Gasteiger partial charge on any atom is -0.363 e. The molecule has 30 heavy (non-hydrogen) atoms. The van der Waals surface area contributed by atoms with Gasteiger partial charge in [-0.05, 0) is 100.0 Å². The number of hydrogen-bond acceptors (Lipinski definition) is 6. The van der Waals surface area contributed by atoms with Gasteiger partial charge in [0.1, 0.15) is 11.7 Å². The van der Waals surface area contributed by atoms with E-state index in [1.807, 2.05) is 5.06 Å². The molecule has 6 heteroatoms. The largest absolute Gasteiger partial charge is 0.363 e. The number of rotatable bonds is 4. The Morgan fingerprint density at radius 2 is 1.27 bits per heavy atom. The molecule has 1 unspecified atom stereocenters. The molecule has 3 aliphatic rings. The highest BCUT2D eigenvalue weighted by atomic mass is 16.7. The summed E-state index contributed by atoms with van der Waals surface area (Å²) in [6.07, 6.45) is 7.62. The van der Waals surface area contributed by atoms with Crippen LogP contribution in [0.5, 0.6) is 0 Å². The zero-order valence-corrected chi connectivity index (χ0v) is 20.1. The quantitative estimate of drug-likeness (QED) is 0.613. The summed E-state index contributed by atoms with van der Waals surface area (Å²) in [5.74, 6) is -0.767. The minimum absolute atomic E-state index is 0.116. The second-order valence-electron chi connectivity index (χ2n) is 11.8. The highest BCUT2D eigenvalue weighted by molar-refractivity contribution is 6.19. The van der Waals surface area contributed by atoms with Gasteiger partial charge >= 0.3 is 5.97 Å². The molecule has 0 amide bonds. The van der Waals surface area contributed by atoms with Crippen LogP contribution < -0.4 is 0 Å². The minimum atomic E-state index is -0.564. The fourth-order valence-corrected chi connectivity index (χ4v) is 5.63. The van der Waals surface area contributed by atoms with Crippen LogP contribution >= 0.6 is 0 Å². The van der Waals surface area contributed by atoms with Crippen LogP contribution in [0.25, 0.3) is 0 Å². The molecule has 0 aromatic carbocycles. The number of carbonyl (C=O) groups excluding carboxylic acids is 2. The topological polar surface area (TPSA) is 59.1 Å². The van der Waals surface area contributed by atoms with Crippen LogP contribution in [0, 0.1) is 0 Å². The van der Waals surface area contributed by atoms with Crippen LogP contribution in [0.2, 0.25) is 0 Å². The monoisotopic (exact) mass is 420 g/mol. The van der Waals surface area contributed by atoms with Crippen molar-refractivity contribution in [3.63, 3.8) is 0 Å². The van der Waals surface area contributed by atoms with E-state index in [9.17, 15) is 9.59 Å². The van der Waals surface area contributed by atoms with Gasteiger partial charge in [0, 0.05) is 17.5 Å². The van der Waals surface area contributed by atoms with E-state index >= 15 is 0 Å². The van der Waals surface area contributed by atoms with Crippen molar-refractivity contribution < 1.29 is 19.3 Å². The Labute approximate surface area is 181 Å². The molecular weight excluding hydrogens is 380 g/mol. The van der Waals surface area contributed by atoms with Crippen LogP contribution in [0.1, 0.15) is 100 Å². The SMILES string of the molecule is CC1(C)CCCC(C)(C)N1OC(=O)C1=CC(ON2C(C)(C)CCCC2(C)C)CC1=O. The zero-order chi connectivity index (χ0) is 22.5. The van der Waals surface area contributed by atoms with Crippen molar-refractivity contribution in [3.05, 3.63) is 11.6 Å². The third-order valence-electron chi connectivity index (χ3n) is 7.03. The summed E-state index contributed by atoms with van der Waals surface area (Å²) in [4.78, 5) is 37.8. The number of carbonyl (C=O) groups is 2. The predicted octanol–water partition coefficient (Wildman–Crippen LogP) is 4.73. The summed E-state index contributed by atoms with van der Waals surface area (Å²) < 4.78 is 0. The molecule has 0 radical (unpaired) electrons. The molecule has 2 heterocycles. The molecule has 2 saturated heterocycles. The van der Waals surface area contributed by atoms with Gasteiger partial charge in [-0.1, -0.05) is 0 Å². The summed E-state index contributed by atoms with van der Waals surface area (Å²) >= 11 is 0. The van der Waals surface area contributed by atoms with E-state index in [4.69, 9.17) is 9.68 Å². The normalized spacial score (nSPS) is 30.7. The molecule has 2 aliphatic heterocycles. The van der Waals surface area contributed by atoms with Crippen molar-refractivity contribution in [1.29, 1.82) is 0 Å². The Bertz CT molecular complexity index is 703. The maximum atomic E-state index is 13.0. The summed E-state index contributed by atoms with van der Waals surface area (Å²) in [6.45, 7) is 17.0. The first-order chi connectivity index (χ1) is 13.7. The van der Waals surface area contributed by atoms with Crippen LogP contribution in [-0.2, 0) is 19.3 Å². The van der Waals surface area contributed by atoms with E-state index in [-0.39, 0.29) is 39.9 Å². The lowest BCUT2D eigenvalue weighted by molar-refractivity contribution is -0.295. The van der Waals surface area contributed by atoms with Crippen LogP contribution in [-0.4, -0.2) is 50.1 Å². The number of Topliss-reactive ketones (excluding diaryl/α,β-unsaturated/α-hetero) is 1. The van der Waals surface area contributed by atoms with E-state index in [2.05, 4.69) is 55.4 Å². The molecule has 0 saturated carbocycles. The van der Waals surface area contributed by atoms with Gasteiger partial charge in [-0.25, -0.2) is 4.79 Å². The highest BCUT2D eigenvalue weighted by Gasteiger charge is 2.47. The van der Waals surface area contributed by atoms with Crippen molar-refractivity contribution in [3.8, 4) is 0 Å². The number of piperidine rings is 2. The van der Waals surface area contributed by atoms with E-state index in [0.717, 1.165) is 38.5 Å². The maximum Gasteiger partial charge on any atom is 0.360 e. The molecule has 0 aromatic heterocycles.